The van der Waals surface area contributed by atoms with E-state index >= 15 is 0 Å². The Morgan fingerprint density at radius 2 is 2.24 bits per heavy atom. The van der Waals surface area contributed by atoms with E-state index in [9.17, 15) is 4.79 Å². The Kier molecular flexibility index (Phi) is 4.27. The largest absolute Gasteiger partial charge is 0.317 e. The third-order valence-electron chi connectivity index (χ3n) is 4.18. The van der Waals surface area contributed by atoms with Gasteiger partial charge in [-0.3, -0.25) is 9.36 Å². The maximum atomic E-state index is 13.0. The number of nitrogens with one attached hydrogen (secondary N) is 1. The monoisotopic (exact) mass is 305 g/mol. The van der Waals surface area contributed by atoms with Gasteiger partial charge < -0.3 is 5.32 Å². The highest BCUT2D eigenvalue weighted by molar-refractivity contribution is 6.35. The van der Waals surface area contributed by atoms with Crippen LogP contribution < -0.4 is 10.9 Å². The highest BCUT2D eigenvalue weighted by atomic mass is 35.5. The molecule has 4 nitrogen and oxygen atoms in total. The van der Waals surface area contributed by atoms with E-state index in [4.69, 9.17) is 11.6 Å². The molecule has 2 heterocycles. The summed E-state index contributed by atoms with van der Waals surface area (Å²) >= 11 is 6.24. The van der Waals surface area contributed by atoms with Gasteiger partial charge in [-0.05, 0) is 44.5 Å². The van der Waals surface area contributed by atoms with Gasteiger partial charge in [-0.1, -0.05) is 24.6 Å². The molecule has 0 bridgehead atoms. The van der Waals surface area contributed by atoms with Gasteiger partial charge in [0.05, 0.1) is 15.9 Å². The van der Waals surface area contributed by atoms with Crippen LogP contribution in [0.15, 0.2) is 23.0 Å². The second kappa shape index (κ2) is 6.16. The minimum atomic E-state index is 0.00866. The van der Waals surface area contributed by atoms with Crippen molar-refractivity contribution in [1.29, 1.82) is 0 Å². The fraction of sp³-hybridized carbons (Fsp3) is 0.500. The first kappa shape index (κ1) is 14.5. The number of aromatic nitrogens is 2. The molecule has 0 amide bonds. The summed E-state index contributed by atoms with van der Waals surface area (Å²) in [5, 5.41) is 4.43. The summed E-state index contributed by atoms with van der Waals surface area (Å²) in [4.78, 5) is 17.6. The van der Waals surface area contributed by atoms with E-state index in [1.165, 1.54) is 0 Å². The molecule has 1 saturated heterocycles. The van der Waals surface area contributed by atoms with Crippen molar-refractivity contribution in [2.24, 2.45) is 0 Å². The Labute approximate surface area is 129 Å². The standard InChI is InChI=1S/C16H20ClN3O/c1-2-14-19-13-7-3-6-12(17)15(13)16(21)20(14)11-5-4-9-18-10-8-11/h3,6-7,11,18H,2,4-5,8-10H2,1H3. The molecule has 21 heavy (non-hydrogen) atoms. The molecule has 1 aliphatic heterocycles. The molecular formula is C16H20ClN3O. The Hall–Kier alpha value is -1.39. The smallest absolute Gasteiger partial charge is 0.263 e. The number of hydrogen-bond donors (Lipinski definition) is 1. The van der Waals surface area contributed by atoms with Gasteiger partial charge in [0, 0.05) is 12.5 Å². The van der Waals surface area contributed by atoms with Crippen molar-refractivity contribution in [3.05, 3.63) is 39.4 Å². The molecule has 0 aliphatic carbocycles. The van der Waals surface area contributed by atoms with Crippen LogP contribution in [0.1, 0.15) is 38.1 Å². The first-order valence-electron chi connectivity index (χ1n) is 7.62. The summed E-state index contributed by atoms with van der Waals surface area (Å²) in [6.07, 6.45) is 3.81. The van der Waals surface area contributed by atoms with Crippen molar-refractivity contribution in [3.63, 3.8) is 0 Å². The van der Waals surface area contributed by atoms with E-state index in [-0.39, 0.29) is 11.6 Å². The van der Waals surface area contributed by atoms with E-state index in [2.05, 4.69) is 10.3 Å². The molecule has 0 radical (unpaired) electrons. The molecule has 112 valence electrons. The third-order valence-corrected chi connectivity index (χ3v) is 4.49. The minimum Gasteiger partial charge on any atom is -0.317 e. The minimum absolute atomic E-state index is 0.00866. The van der Waals surface area contributed by atoms with Gasteiger partial charge in [0.2, 0.25) is 0 Å². The van der Waals surface area contributed by atoms with Crippen molar-refractivity contribution in [1.82, 2.24) is 14.9 Å². The lowest BCUT2D eigenvalue weighted by molar-refractivity contribution is 0.425. The van der Waals surface area contributed by atoms with Crippen LogP contribution in [0.5, 0.6) is 0 Å². The van der Waals surface area contributed by atoms with E-state index in [1.54, 1.807) is 6.07 Å². The summed E-state index contributed by atoms with van der Waals surface area (Å²) in [6, 6.07) is 5.69. The van der Waals surface area contributed by atoms with Crippen molar-refractivity contribution in [2.45, 2.75) is 38.6 Å². The van der Waals surface area contributed by atoms with Crippen molar-refractivity contribution in [3.8, 4) is 0 Å². The van der Waals surface area contributed by atoms with Gasteiger partial charge in [-0.15, -0.1) is 0 Å². The SMILES string of the molecule is CCc1nc2cccc(Cl)c2c(=O)n1C1CCCNCC1. The van der Waals surface area contributed by atoms with Gasteiger partial charge in [0.15, 0.2) is 0 Å². The van der Waals surface area contributed by atoms with Gasteiger partial charge in [-0.2, -0.15) is 0 Å². The Balaban J connectivity index is 2.22. The van der Waals surface area contributed by atoms with E-state index < -0.39 is 0 Å². The van der Waals surface area contributed by atoms with E-state index in [0.717, 1.165) is 44.6 Å². The lowest BCUT2D eigenvalue weighted by Gasteiger charge is -2.21. The van der Waals surface area contributed by atoms with E-state index in [0.29, 0.717) is 15.9 Å². The Morgan fingerprint density at radius 1 is 1.38 bits per heavy atom. The number of halogens is 1. The van der Waals surface area contributed by atoms with Crippen LogP contribution in [0.4, 0.5) is 0 Å². The van der Waals surface area contributed by atoms with Gasteiger partial charge in [-0.25, -0.2) is 4.98 Å². The lowest BCUT2D eigenvalue weighted by atomic mass is 10.1. The van der Waals surface area contributed by atoms with Crippen molar-refractivity contribution < 1.29 is 0 Å². The van der Waals surface area contributed by atoms with Crippen molar-refractivity contribution in [2.75, 3.05) is 13.1 Å². The van der Waals surface area contributed by atoms with E-state index in [1.807, 2.05) is 23.6 Å². The highest BCUT2D eigenvalue weighted by Crippen LogP contribution is 2.24. The fourth-order valence-electron chi connectivity index (χ4n) is 3.13. The molecule has 5 heteroatoms. The normalized spacial score (nSPS) is 19.6. The molecule has 0 spiro atoms. The average molecular weight is 306 g/mol. The Morgan fingerprint density at radius 3 is 3.05 bits per heavy atom. The molecular weight excluding hydrogens is 286 g/mol. The number of rotatable bonds is 2. The van der Waals surface area contributed by atoms with Crippen LogP contribution in [-0.2, 0) is 6.42 Å². The number of benzene rings is 1. The molecule has 1 N–H and O–H groups in total. The molecule has 3 rings (SSSR count). The quantitative estimate of drug-likeness (QED) is 0.928. The zero-order chi connectivity index (χ0) is 14.8. The average Bonchev–Trinajstić information content (AvgIpc) is 2.75. The van der Waals surface area contributed by atoms with Crippen LogP contribution in [0.3, 0.4) is 0 Å². The summed E-state index contributed by atoms with van der Waals surface area (Å²) < 4.78 is 1.89. The maximum absolute atomic E-state index is 13.0. The van der Waals surface area contributed by atoms with Crippen LogP contribution in [0.25, 0.3) is 10.9 Å². The molecule has 1 unspecified atom stereocenters. The molecule has 1 aromatic heterocycles. The van der Waals surface area contributed by atoms with Crippen LogP contribution in [0, 0.1) is 0 Å². The van der Waals surface area contributed by atoms with Gasteiger partial charge in [0.25, 0.3) is 5.56 Å². The van der Waals surface area contributed by atoms with Crippen LogP contribution >= 0.6 is 11.6 Å². The van der Waals surface area contributed by atoms with Crippen LogP contribution in [-0.4, -0.2) is 22.6 Å². The summed E-state index contributed by atoms with van der Waals surface area (Å²) in [5.41, 5.74) is 0.710. The number of fused-ring (bicyclic) bond motifs is 1. The van der Waals surface area contributed by atoms with Crippen LogP contribution in [0.2, 0.25) is 5.02 Å². The first-order valence-corrected chi connectivity index (χ1v) is 8.00. The zero-order valence-electron chi connectivity index (χ0n) is 12.2. The predicted octanol–water partition coefficient (Wildman–Crippen LogP) is 2.93. The Bertz CT molecular complexity index is 702. The van der Waals surface area contributed by atoms with Gasteiger partial charge >= 0.3 is 0 Å². The second-order valence-corrected chi connectivity index (χ2v) is 5.93. The number of aryl methyl sites for hydroxylation is 1. The summed E-state index contributed by atoms with van der Waals surface area (Å²) in [6.45, 7) is 4.01. The van der Waals surface area contributed by atoms with Crippen molar-refractivity contribution >= 4 is 22.5 Å². The number of hydrogen-bond acceptors (Lipinski definition) is 3. The fourth-order valence-corrected chi connectivity index (χ4v) is 3.38. The molecule has 0 saturated carbocycles. The highest BCUT2D eigenvalue weighted by Gasteiger charge is 2.20. The van der Waals surface area contributed by atoms with Gasteiger partial charge in [0.1, 0.15) is 5.82 Å². The number of nitrogens with zero attached hydrogens (tertiary/aromatic N) is 2. The lowest BCUT2D eigenvalue weighted by Crippen LogP contribution is -2.30. The first-order chi connectivity index (χ1) is 10.2. The summed E-state index contributed by atoms with van der Waals surface area (Å²) in [5.74, 6) is 0.863. The summed E-state index contributed by atoms with van der Waals surface area (Å²) in [7, 11) is 0. The molecule has 1 aliphatic rings. The third kappa shape index (κ3) is 2.70. The molecule has 1 atom stereocenters. The predicted molar refractivity (Wildman–Crippen MR) is 86.1 cm³/mol. The maximum Gasteiger partial charge on any atom is 0.263 e. The molecule has 2 aromatic rings. The molecule has 1 fully saturated rings. The topological polar surface area (TPSA) is 46.9 Å². The zero-order valence-corrected chi connectivity index (χ0v) is 13.0. The second-order valence-electron chi connectivity index (χ2n) is 5.53. The molecule has 1 aromatic carbocycles.